The van der Waals surface area contributed by atoms with Crippen LogP contribution in [0.5, 0.6) is 0 Å². The molecule has 3 N–H and O–H groups in total. The fraction of sp³-hybridized carbons (Fsp3) is 1.00. The van der Waals surface area contributed by atoms with E-state index < -0.39 is 0 Å². The second-order valence-corrected chi connectivity index (χ2v) is 5.84. The van der Waals surface area contributed by atoms with Crippen molar-refractivity contribution in [2.24, 2.45) is 11.1 Å². The highest BCUT2D eigenvalue weighted by atomic mass is 16.7. The molecule has 0 bridgehead atoms. The van der Waals surface area contributed by atoms with Gasteiger partial charge < -0.3 is 20.5 Å². The van der Waals surface area contributed by atoms with Crippen LogP contribution in [0.1, 0.15) is 39.5 Å². The first-order valence-electron chi connectivity index (χ1n) is 6.52. The molecule has 0 saturated heterocycles. The van der Waals surface area contributed by atoms with Gasteiger partial charge in [0, 0.05) is 39.3 Å². The van der Waals surface area contributed by atoms with Gasteiger partial charge in [0.15, 0.2) is 6.29 Å². The van der Waals surface area contributed by atoms with Gasteiger partial charge in [-0.25, -0.2) is 0 Å². The molecule has 1 aliphatic rings. The Balaban J connectivity index is 2.37. The van der Waals surface area contributed by atoms with Gasteiger partial charge >= 0.3 is 0 Å². The second kappa shape index (κ2) is 6.69. The van der Waals surface area contributed by atoms with Crippen LogP contribution in [-0.2, 0) is 9.47 Å². The zero-order valence-electron chi connectivity index (χ0n) is 11.7. The van der Waals surface area contributed by atoms with E-state index in [4.69, 9.17) is 15.2 Å². The monoisotopic (exact) mass is 244 g/mol. The second-order valence-electron chi connectivity index (χ2n) is 5.84. The van der Waals surface area contributed by atoms with Crippen LogP contribution in [0.2, 0.25) is 0 Å². The highest BCUT2D eigenvalue weighted by molar-refractivity contribution is 4.88. The number of hydrogen-bond acceptors (Lipinski definition) is 4. The Bertz CT molecular complexity index is 217. The third-order valence-electron chi connectivity index (χ3n) is 3.73. The van der Waals surface area contributed by atoms with Gasteiger partial charge in [0.2, 0.25) is 0 Å². The Morgan fingerprint density at radius 1 is 1.35 bits per heavy atom. The summed E-state index contributed by atoms with van der Waals surface area (Å²) in [6, 6.07) is 0.867. The Morgan fingerprint density at radius 2 is 2.00 bits per heavy atom. The summed E-state index contributed by atoms with van der Waals surface area (Å²) in [5.41, 5.74) is 6.27. The van der Waals surface area contributed by atoms with Crippen molar-refractivity contribution < 1.29 is 9.47 Å². The Kier molecular flexibility index (Phi) is 5.86. The number of methoxy groups -OCH3 is 2. The lowest BCUT2D eigenvalue weighted by Crippen LogP contribution is -2.44. The summed E-state index contributed by atoms with van der Waals surface area (Å²) in [5, 5.41) is 3.64. The Labute approximate surface area is 105 Å². The van der Waals surface area contributed by atoms with Gasteiger partial charge in [0.1, 0.15) is 0 Å². The van der Waals surface area contributed by atoms with Gasteiger partial charge in [-0.2, -0.15) is 0 Å². The minimum Gasteiger partial charge on any atom is -0.356 e. The third-order valence-corrected chi connectivity index (χ3v) is 3.73. The lowest BCUT2D eigenvalue weighted by Gasteiger charge is -2.25. The molecule has 4 heteroatoms. The normalized spacial score (nSPS) is 25.4. The third kappa shape index (κ3) is 4.92. The van der Waals surface area contributed by atoms with Gasteiger partial charge in [-0.05, 0) is 24.7 Å². The van der Waals surface area contributed by atoms with Crippen LogP contribution in [0.3, 0.4) is 0 Å². The summed E-state index contributed by atoms with van der Waals surface area (Å²) in [5.74, 6) is 0. The molecule has 2 unspecified atom stereocenters. The highest BCUT2D eigenvalue weighted by Gasteiger charge is 2.32. The zero-order chi connectivity index (χ0) is 12.9. The first-order chi connectivity index (χ1) is 8.00. The predicted octanol–water partition coefficient (Wildman–Crippen LogP) is 1.49. The van der Waals surface area contributed by atoms with Crippen molar-refractivity contribution in [3.63, 3.8) is 0 Å². The summed E-state index contributed by atoms with van der Waals surface area (Å²) in [7, 11) is 3.33. The number of hydrogen-bond donors (Lipinski definition) is 2. The molecular formula is C13H28N2O2. The Morgan fingerprint density at radius 3 is 2.41 bits per heavy atom. The molecule has 1 aliphatic carbocycles. The zero-order valence-corrected chi connectivity index (χ0v) is 11.7. The molecule has 1 rings (SSSR count). The molecule has 0 aromatic rings. The summed E-state index contributed by atoms with van der Waals surface area (Å²) in [6.45, 7) is 5.29. The summed E-state index contributed by atoms with van der Waals surface area (Å²) in [4.78, 5) is 0. The maximum absolute atomic E-state index is 5.80. The van der Waals surface area contributed by atoms with Crippen LogP contribution in [0.25, 0.3) is 0 Å². The van der Waals surface area contributed by atoms with E-state index in [1.54, 1.807) is 14.2 Å². The van der Waals surface area contributed by atoms with Gasteiger partial charge in [-0.15, -0.1) is 0 Å². The van der Waals surface area contributed by atoms with E-state index in [-0.39, 0.29) is 12.3 Å². The smallest absolute Gasteiger partial charge is 0.158 e. The van der Waals surface area contributed by atoms with Gasteiger partial charge in [-0.3, -0.25) is 0 Å². The van der Waals surface area contributed by atoms with E-state index in [2.05, 4.69) is 19.2 Å². The van der Waals surface area contributed by atoms with Gasteiger partial charge in [-0.1, -0.05) is 13.8 Å². The molecule has 4 nitrogen and oxygen atoms in total. The molecule has 2 atom stereocenters. The molecule has 1 fully saturated rings. The topological polar surface area (TPSA) is 56.5 Å². The number of ether oxygens (including phenoxy) is 2. The van der Waals surface area contributed by atoms with Crippen LogP contribution in [0.4, 0.5) is 0 Å². The number of nitrogens with two attached hydrogens (primary N) is 1. The maximum Gasteiger partial charge on any atom is 0.158 e. The summed E-state index contributed by atoms with van der Waals surface area (Å²) in [6.07, 6.45) is 4.41. The van der Waals surface area contributed by atoms with Crippen molar-refractivity contribution in [2.75, 3.05) is 20.8 Å². The molecule has 102 valence electrons. The van der Waals surface area contributed by atoms with E-state index in [9.17, 15) is 0 Å². The lowest BCUT2D eigenvalue weighted by molar-refractivity contribution is -0.110. The van der Waals surface area contributed by atoms with Crippen molar-refractivity contribution in [3.05, 3.63) is 0 Å². The number of rotatable bonds is 7. The van der Waals surface area contributed by atoms with Crippen LogP contribution in [-0.4, -0.2) is 39.1 Å². The van der Waals surface area contributed by atoms with E-state index in [0.29, 0.717) is 18.0 Å². The molecule has 0 spiro atoms. The molecule has 0 radical (unpaired) electrons. The first kappa shape index (κ1) is 14.9. The fourth-order valence-electron chi connectivity index (χ4n) is 2.67. The van der Waals surface area contributed by atoms with Crippen LogP contribution in [0, 0.1) is 5.41 Å². The van der Waals surface area contributed by atoms with Gasteiger partial charge in [0.05, 0.1) is 0 Å². The quantitative estimate of drug-likeness (QED) is 0.666. The van der Waals surface area contributed by atoms with Crippen molar-refractivity contribution in [2.45, 2.75) is 57.9 Å². The minimum absolute atomic E-state index is 0.162. The van der Waals surface area contributed by atoms with E-state index in [0.717, 1.165) is 6.42 Å². The summed E-state index contributed by atoms with van der Waals surface area (Å²) < 4.78 is 10.4. The minimum atomic E-state index is -0.162. The van der Waals surface area contributed by atoms with Crippen molar-refractivity contribution in [3.8, 4) is 0 Å². The van der Waals surface area contributed by atoms with Crippen molar-refractivity contribution in [1.82, 2.24) is 5.32 Å². The standard InChI is InChI=1S/C13H28N2O2/c1-13(2)6-5-10(8-13)15-11(9-14)7-12(16-3)17-4/h10-12,15H,5-9,14H2,1-4H3. The van der Waals surface area contributed by atoms with E-state index >= 15 is 0 Å². The molecule has 17 heavy (non-hydrogen) atoms. The molecule has 0 amide bonds. The molecular weight excluding hydrogens is 216 g/mol. The highest BCUT2D eigenvalue weighted by Crippen LogP contribution is 2.37. The average Bonchev–Trinajstić information content (AvgIpc) is 2.64. The van der Waals surface area contributed by atoms with E-state index in [1.807, 2.05) is 0 Å². The number of nitrogens with one attached hydrogen (secondary N) is 1. The van der Waals surface area contributed by atoms with E-state index in [1.165, 1.54) is 19.3 Å². The first-order valence-corrected chi connectivity index (χ1v) is 6.52. The van der Waals surface area contributed by atoms with Crippen molar-refractivity contribution in [1.29, 1.82) is 0 Å². The SMILES string of the molecule is COC(CC(CN)NC1CCC(C)(C)C1)OC. The molecule has 1 saturated carbocycles. The lowest BCUT2D eigenvalue weighted by atomic mass is 9.92. The Hall–Kier alpha value is -0.160. The van der Waals surface area contributed by atoms with Crippen LogP contribution < -0.4 is 11.1 Å². The summed E-state index contributed by atoms with van der Waals surface area (Å²) >= 11 is 0. The van der Waals surface area contributed by atoms with Crippen molar-refractivity contribution >= 4 is 0 Å². The van der Waals surface area contributed by atoms with Crippen LogP contribution in [0.15, 0.2) is 0 Å². The predicted molar refractivity (Wildman–Crippen MR) is 69.8 cm³/mol. The molecule has 0 aromatic heterocycles. The van der Waals surface area contributed by atoms with Crippen LogP contribution >= 0.6 is 0 Å². The fourth-order valence-corrected chi connectivity index (χ4v) is 2.67. The molecule has 0 heterocycles. The largest absolute Gasteiger partial charge is 0.356 e. The average molecular weight is 244 g/mol. The maximum atomic E-state index is 5.80. The molecule has 0 aromatic carbocycles. The van der Waals surface area contributed by atoms with Gasteiger partial charge in [0.25, 0.3) is 0 Å². The molecule has 0 aliphatic heterocycles.